The second kappa shape index (κ2) is 7.52. The van der Waals surface area contributed by atoms with Crippen LogP contribution in [-0.4, -0.2) is 18.1 Å². The van der Waals surface area contributed by atoms with Crippen LogP contribution in [0.5, 0.6) is 5.75 Å². The predicted molar refractivity (Wildman–Crippen MR) is 101 cm³/mol. The van der Waals surface area contributed by atoms with Gasteiger partial charge in [-0.1, -0.05) is 11.6 Å². The van der Waals surface area contributed by atoms with E-state index in [9.17, 15) is 9.90 Å². The highest BCUT2D eigenvalue weighted by Crippen LogP contribution is 2.41. The normalized spacial score (nSPS) is 18.3. The first kappa shape index (κ1) is 17.9. The third-order valence-corrected chi connectivity index (χ3v) is 4.56. The van der Waals surface area contributed by atoms with Crippen LogP contribution >= 0.6 is 0 Å². The van der Waals surface area contributed by atoms with E-state index in [0.29, 0.717) is 5.76 Å². The molecule has 0 saturated carbocycles. The Balaban J connectivity index is 1.96. The molecule has 5 heteroatoms. The van der Waals surface area contributed by atoms with E-state index in [1.54, 1.807) is 25.3 Å². The van der Waals surface area contributed by atoms with Gasteiger partial charge < -0.3 is 20.0 Å². The van der Waals surface area contributed by atoms with E-state index in [2.05, 4.69) is 6.08 Å². The molecule has 5 nitrogen and oxygen atoms in total. The molecular formula is C21H23NO4. The second-order valence-electron chi connectivity index (χ2n) is 6.52. The fourth-order valence-corrected chi connectivity index (χ4v) is 3.47. The van der Waals surface area contributed by atoms with Crippen LogP contribution in [-0.2, 0) is 16.0 Å². The van der Waals surface area contributed by atoms with Crippen molar-refractivity contribution < 1.29 is 19.1 Å². The summed E-state index contributed by atoms with van der Waals surface area (Å²) in [5.74, 6) is 1.48. The van der Waals surface area contributed by atoms with E-state index in [4.69, 9.17) is 14.9 Å². The SMILES string of the molecule is COC(=C\C(C)=C\[C@@H]1CCCc2oc3ccc(O)cc3c21)/C=C/C(N)=O. The zero-order chi connectivity index (χ0) is 18.7. The molecule has 0 fully saturated rings. The molecule has 3 rings (SSSR count). The van der Waals surface area contributed by atoms with Gasteiger partial charge in [0.2, 0.25) is 5.91 Å². The van der Waals surface area contributed by atoms with Gasteiger partial charge in [-0.25, -0.2) is 0 Å². The molecule has 1 atom stereocenters. The van der Waals surface area contributed by atoms with Crippen molar-refractivity contribution in [2.45, 2.75) is 32.1 Å². The minimum absolute atomic E-state index is 0.205. The number of aromatic hydroxyl groups is 1. The van der Waals surface area contributed by atoms with Crippen LogP contribution in [0.3, 0.4) is 0 Å². The molecule has 0 saturated heterocycles. The topological polar surface area (TPSA) is 85.7 Å². The van der Waals surface area contributed by atoms with Gasteiger partial charge >= 0.3 is 0 Å². The number of carbonyl (C=O) groups is 1. The molecule has 1 aliphatic rings. The monoisotopic (exact) mass is 353 g/mol. The van der Waals surface area contributed by atoms with Crippen LogP contribution in [0.15, 0.2) is 58.3 Å². The summed E-state index contributed by atoms with van der Waals surface area (Å²) < 4.78 is 11.3. The fourth-order valence-electron chi connectivity index (χ4n) is 3.47. The van der Waals surface area contributed by atoms with Gasteiger partial charge in [-0.15, -0.1) is 0 Å². The minimum Gasteiger partial charge on any atom is -0.508 e. The minimum atomic E-state index is -0.517. The Labute approximate surface area is 152 Å². The number of primary amides is 1. The predicted octanol–water partition coefficient (Wildman–Crippen LogP) is 4.08. The van der Waals surface area contributed by atoms with Gasteiger partial charge in [-0.2, -0.15) is 0 Å². The van der Waals surface area contributed by atoms with E-state index >= 15 is 0 Å². The Morgan fingerprint density at radius 3 is 2.92 bits per heavy atom. The van der Waals surface area contributed by atoms with Crippen LogP contribution in [0.1, 0.15) is 37.0 Å². The molecule has 1 aromatic heterocycles. The van der Waals surface area contributed by atoms with Crippen molar-refractivity contribution in [3.63, 3.8) is 0 Å². The Kier molecular flexibility index (Phi) is 5.16. The maximum atomic E-state index is 10.9. The van der Waals surface area contributed by atoms with Crippen molar-refractivity contribution in [2.24, 2.45) is 5.73 Å². The zero-order valence-electron chi connectivity index (χ0n) is 15.0. The molecule has 1 aromatic carbocycles. The average Bonchev–Trinajstić information content (AvgIpc) is 2.97. The first-order chi connectivity index (χ1) is 12.5. The van der Waals surface area contributed by atoms with Crippen molar-refractivity contribution in [3.05, 3.63) is 65.2 Å². The number of hydrogen-bond acceptors (Lipinski definition) is 4. The highest BCUT2D eigenvalue weighted by Gasteiger charge is 2.25. The third-order valence-electron chi connectivity index (χ3n) is 4.56. The van der Waals surface area contributed by atoms with Crippen molar-refractivity contribution in [2.75, 3.05) is 7.11 Å². The molecule has 136 valence electrons. The van der Waals surface area contributed by atoms with Crippen molar-refractivity contribution in [3.8, 4) is 5.75 Å². The number of phenols is 1. The van der Waals surface area contributed by atoms with Gasteiger partial charge in [0, 0.05) is 29.4 Å². The number of rotatable bonds is 5. The van der Waals surface area contributed by atoms with Gasteiger partial charge in [0.25, 0.3) is 0 Å². The highest BCUT2D eigenvalue weighted by atomic mass is 16.5. The molecule has 0 radical (unpaired) electrons. The lowest BCUT2D eigenvalue weighted by atomic mass is 9.84. The largest absolute Gasteiger partial charge is 0.508 e. The van der Waals surface area contributed by atoms with E-state index in [1.165, 1.54) is 6.08 Å². The first-order valence-electron chi connectivity index (χ1n) is 8.64. The molecule has 1 aliphatic carbocycles. The number of methoxy groups -OCH3 is 1. The maximum Gasteiger partial charge on any atom is 0.241 e. The number of hydrogen-bond donors (Lipinski definition) is 2. The summed E-state index contributed by atoms with van der Waals surface area (Å²) in [5.41, 5.74) is 8.11. The van der Waals surface area contributed by atoms with E-state index < -0.39 is 5.91 Å². The number of amides is 1. The quantitative estimate of drug-likeness (QED) is 0.482. The number of nitrogens with two attached hydrogens (primary N) is 1. The van der Waals surface area contributed by atoms with Gasteiger partial charge in [0.05, 0.1) is 7.11 Å². The van der Waals surface area contributed by atoms with Crippen LogP contribution < -0.4 is 5.73 Å². The lowest BCUT2D eigenvalue weighted by Crippen LogP contribution is -2.06. The van der Waals surface area contributed by atoms with E-state index in [-0.39, 0.29) is 11.7 Å². The van der Waals surface area contributed by atoms with E-state index in [0.717, 1.165) is 47.1 Å². The molecule has 0 unspecified atom stereocenters. The molecule has 26 heavy (non-hydrogen) atoms. The number of allylic oxidation sites excluding steroid dienone is 4. The lowest BCUT2D eigenvalue weighted by molar-refractivity contribution is -0.113. The van der Waals surface area contributed by atoms with Crippen LogP contribution in [0.25, 0.3) is 11.0 Å². The number of phenolic OH excluding ortho intramolecular Hbond substituents is 1. The van der Waals surface area contributed by atoms with Crippen molar-refractivity contribution >= 4 is 16.9 Å². The highest BCUT2D eigenvalue weighted by molar-refractivity contribution is 5.86. The molecule has 1 amide bonds. The number of ether oxygens (including phenoxy) is 1. The third kappa shape index (κ3) is 3.82. The standard InChI is InChI=1S/C21H23NO4/c1-13(11-16(25-2)7-9-20(22)24)10-14-4-3-5-19-21(14)17-12-15(23)6-8-18(17)26-19/h6-12,14,23H,3-5H2,1-2H3,(H2,22,24)/b9-7+,13-10+,16-11-/t14-/m0/s1. The summed E-state index contributed by atoms with van der Waals surface area (Å²) >= 11 is 0. The first-order valence-corrected chi connectivity index (χ1v) is 8.64. The van der Waals surface area contributed by atoms with Crippen molar-refractivity contribution in [1.29, 1.82) is 0 Å². The number of fused-ring (bicyclic) bond motifs is 3. The summed E-state index contributed by atoms with van der Waals surface area (Å²) in [6.45, 7) is 1.99. The Hall–Kier alpha value is -2.95. The van der Waals surface area contributed by atoms with Crippen LogP contribution in [0.2, 0.25) is 0 Å². The molecular weight excluding hydrogens is 330 g/mol. The smallest absolute Gasteiger partial charge is 0.241 e. The van der Waals surface area contributed by atoms with Gasteiger partial charge in [0.1, 0.15) is 22.9 Å². The molecule has 0 bridgehead atoms. The molecule has 0 aliphatic heterocycles. The van der Waals surface area contributed by atoms with Gasteiger partial charge in [-0.3, -0.25) is 4.79 Å². The summed E-state index contributed by atoms with van der Waals surface area (Å²) in [7, 11) is 1.55. The number of furan rings is 1. The summed E-state index contributed by atoms with van der Waals surface area (Å²) in [6, 6.07) is 5.23. The second-order valence-corrected chi connectivity index (χ2v) is 6.52. The van der Waals surface area contributed by atoms with Gasteiger partial charge in [-0.05, 0) is 50.1 Å². The van der Waals surface area contributed by atoms with E-state index in [1.807, 2.05) is 19.1 Å². The molecule has 3 N–H and O–H groups in total. The maximum absolute atomic E-state index is 10.9. The summed E-state index contributed by atoms with van der Waals surface area (Å²) in [4.78, 5) is 10.9. The fraction of sp³-hybridized carbons (Fsp3) is 0.286. The average molecular weight is 353 g/mol. The Morgan fingerprint density at radius 1 is 1.38 bits per heavy atom. The summed E-state index contributed by atoms with van der Waals surface area (Å²) in [5, 5.41) is 10.8. The molecule has 1 heterocycles. The van der Waals surface area contributed by atoms with Crippen LogP contribution in [0.4, 0.5) is 0 Å². The van der Waals surface area contributed by atoms with Gasteiger partial charge in [0.15, 0.2) is 0 Å². The van der Waals surface area contributed by atoms with Crippen LogP contribution in [0, 0.1) is 0 Å². The molecule has 2 aromatic rings. The number of benzene rings is 1. The molecule has 0 spiro atoms. The van der Waals surface area contributed by atoms with Crippen molar-refractivity contribution in [1.82, 2.24) is 0 Å². The Bertz CT molecular complexity index is 917. The Morgan fingerprint density at radius 2 is 2.19 bits per heavy atom. The number of carbonyl (C=O) groups excluding carboxylic acids is 1. The number of aryl methyl sites for hydroxylation is 1. The lowest BCUT2D eigenvalue weighted by Gasteiger charge is -2.19. The summed E-state index contributed by atoms with van der Waals surface area (Å²) in [6.07, 6.45) is 9.85. The zero-order valence-corrected chi connectivity index (χ0v) is 15.0.